The third kappa shape index (κ3) is 2.51. The monoisotopic (exact) mass is 366 g/mol. The zero-order valence-electron chi connectivity index (χ0n) is 15.3. The van der Waals surface area contributed by atoms with Gasteiger partial charge in [0.1, 0.15) is 17.1 Å². The number of halogens is 1. The lowest BCUT2D eigenvalue weighted by molar-refractivity contribution is 0.101. The van der Waals surface area contributed by atoms with Gasteiger partial charge in [-0.25, -0.2) is 4.39 Å². The summed E-state index contributed by atoms with van der Waals surface area (Å²) in [6, 6.07) is 9.97. The zero-order valence-corrected chi connectivity index (χ0v) is 15.3. The van der Waals surface area contributed by atoms with E-state index in [2.05, 4.69) is 0 Å². The molecule has 27 heavy (non-hydrogen) atoms. The summed E-state index contributed by atoms with van der Waals surface area (Å²) < 4.78 is 15.7. The fraction of sp³-hybridized carbons (Fsp3) is 0.238. The number of aromatic hydroxyl groups is 1. The SMILES string of the molecule is CC(=O)c1c(O)c2cc(F)cc3c2n(c1=O)C(c1ccc(C)cc1)CN3C. The van der Waals surface area contributed by atoms with Crippen LogP contribution in [0.15, 0.2) is 41.2 Å². The minimum Gasteiger partial charge on any atom is -0.506 e. The van der Waals surface area contributed by atoms with Crippen LogP contribution in [0, 0.1) is 12.7 Å². The molecule has 138 valence electrons. The van der Waals surface area contributed by atoms with E-state index in [9.17, 15) is 19.1 Å². The molecular formula is C21H19FN2O3. The Kier molecular flexibility index (Phi) is 3.80. The van der Waals surface area contributed by atoms with Gasteiger partial charge in [0.25, 0.3) is 5.56 Å². The molecule has 0 saturated heterocycles. The first-order chi connectivity index (χ1) is 12.8. The second kappa shape index (κ2) is 5.94. The number of hydrogen-bond acceptors (Lipinski definition) is 4. The Balaban J connectivity index is 2.16. The van der Waals surface area contributed by atoms with Gasteiger partial charge in [0, 0.05) is 19.0 Å². The molecule has 5 nitrogen and oxygen atoms in total. The van der Waals surface area contributed by atoms with E-state index in [1.807, 2.05) is 43.1 Å². The van der Waals surface area contributed by atoms with E-state index in [1.54, 1.807) is 0 Å². The molecule has 1 unspecified atom stereocenters. The van der Waals surface area contributed by atoms with E-state index in [0.29, 0.717) is 17.7 Å². The van der Waals surface area contributed by atoms with Crippen molar-refractivity contribution in [2.24, 2.45) is 0 Å². The number of benzene rings is 2. The number of ketones is 1. The highest BCUT2D eigenvalue weighted by atomic mass is 19.1. The number of carbonyl (C=O) groups excluding carboxylic acids is 1. The summed E-state index contributed by atoms with van der Waals surface area (Å²) in [5.74, 6) is -1.54. The number of aryl methyl sites for hydroxylation is 1. The van der Waals surface area contributed by atoms with Gasteiger partial charge in [0.05, 0.1) is 17.2 Å². The van der Waals surface area contributed by atoms with Crippen LogP contribution >= 0.6 is 0 Å². The molecule has 6 heteroatoms. The number of rotatable bonds is 2. The average Bonchev–Trinajstić information content (AvgIpc) is 2.61. The van der Waals surface area contributed by atoms with Gasteiger partial charge >= 0.3 is 0 Å². The van der Waals surface area contributed by atoms with E-state index in [0.717, 1.165) is 11.1 Å². The Bertz CT molecular complexity index is 1150. The first kappa shape index (κ1) is 17.3. The molecule has 1 aromatic heterocycles. The predicted molar refractivity (Wildman–Crippen MR) is 102 cm³/mol. The van der Waals surface area contributed by atoms with Crippen molar-refractivity contribution in [3.8, 4) is 5.75 Å². The number of anilines is 1. The Morgan fingerprint density at radius 2 is 1.89 bits per heavy atom. The largest absolute Gasteiger partial charge is 0.506 e. The molecule has 1 aliphatic heterocycles. The fourth-order valence-electron chi connectivity index (χ4n) is 3.86. The number of Topliss-reactive ketones (excluding diaryl/α,β-unsaturated/α-hetero) is 1. The molecule has 3 aromatic rings. The quantitative estimate of drug-likeness (QED) is 0.706. The first-order valence-electron chi connectivity index (χ1n) is 8.69. The highest BCUT2D eigenvalue weighted by Crippen LogP contribution is 2.40. The summed E-state index contributed by atoms with van der Waals surface area (Å²) in [7, 11) is 1.82. The van der Waals surface area contributed by atoms with Crippen molar-refractivity contribution >= 4 is 22.4 Å². The Morgan fingerprint density at radius 3 is 2.52 bits per heavy atom. The molecule has 1 atom stereocenters. The van der Waals surface area contributed by atoms with Gasteiger partial charge in [-0.15, -0.1) is 0 Å². The highest BCUT2D eigenvalue weighted by molar-refractivity contribution is 6.05. The summed E-state index contributed by atoms with van der Waals surface area (Å²) in [6.45, 7) is 3.65. The number of carbonyl (C=O) groups is 1. The zero-order chi connectivity index (χ0) is 19.5. The lowest BCUT2D eigenvalue weighted by atomic mass is 9.98. The van der Waals surface area contributed by atoms with Crippen LogP contribution in [0.25, 0.3) is 10.9 Å². The van der Waals surface area contributed by atoms with Crippen LogP contribution in [0.2, 0.25) is 0 Å². The standard InChI is InChI=1S/C21H19FN2O3/c1-11-4-6-13(7-5-11)17-10-23(3)16-9-14(22)8-15-19(16)24(17)21(27)18(12(2)25)20(15)26/h4-9,17,26H,10H2,1-3H3. The maximum atomic E-state index is 14.2. The maximum absolute atomic E-state index is 14.2. The number of likely N-dealkylation sites (N-methyl/N-ethyl adjacent to an activating group) is 1. The smallest absolute Gasteiger partial charge is 0.266 e. The number of hydrogen-bond donors (Lipinski definition) is 1. The third-order valence-corrected chi connectivity index (χ3v) is 5.20. The van der Waals surface area contributed by atoms with Gasteiger partial charge in [0.2, 0.25) is 0 Å². The molecule has 0 spiro atoms. The molecule has 0 radical (unpaired) electrons. The van der Waals surface area contributed by atoms with Crippen molar-refractivity contribution in [3.05, 3.63) is 69.3 Å². The summed E-state index contributed by atoms with van der Waals surface area (Å²) in [5, 5.41) is 10.7. The Labute approximate surface area is 155 Å². The Hall–Kier alpha value is -3.15. The first-order valence-corrected chi connectivity index (χ1v) is 8.69. The number of pyridine rings is 1. The number of nitrogens with zero attached hydrogens (tertiary/aromatic N) is 2. The molecule has 4 rings (SSSR count). The van der Waals surface area contributed by atoms with E-state index in [-0.39, 0.29) is 17.0 Å². The molecule has 2 heterocycles. The van der Waals surface area contributed by atoms with Crippen molar-refractivity contribution in [2.75, 3.05) is 18.5 Å². The molecule has 0 aliphatic carbocycles. The molecule has 2 aromatic carbocycles. The van der Waals surface area contributed by atoms with Gasteiger partial charge in [-0.2, -0.15) is 0 Å². The van der Waals surface area contributed by atoms with Gasteiger partial charge in [-0.05, 0) is 31.5 Å². The minimum absolute atomic E-state index is 0.165. The molecule has 0 amide bonds. The fourth-order valence-corrected chi connectivity index (χ4v) is 3.86. The van der Waals surface area contributed by atoms with Crippen LogP contribution in [0.1, 0.15) is 34.5 Å². The lowest BCUT2D eigenvalue weighted by Crippen LogP contribution is -2.40. The normalized spacial score (nSPS) is 16.0. The maximum Gasteiger partial charge on any atom is 0.266 e. The Morgan fingerprint density at radius 1 is 1.22 bits per heavy atom. The molecule has 0 fully saturated rings. The van der Waals surface area contributed by atoms with Gasteiger partial charge in [-0.3, -0.25) is 14.2 Å². The van der Waals surface area contributed by atoms with Gasteiger partial charge < -0.3 is 10.0 Å². The molecule has 1 aliphatic rings. The van der Waals surface area contributed by atoms with Gasteiger partial charge in [0.15, 0.2) is 5.78 Å². The highest BCUT2D eigenvalue weighted by Gasteiger charge is 2.31. The van der Waals surface area contributed by atoms with Crippen molar-refractivity contribution in [1.29, 1.82) is 0 Å². The molecule has 0 saturated carbocycles. The molecule has 1 N–H and O–H groups in total. The van der Waals surface area contributed by atoms with Crippen LogP contribution < -0.4 is 10.5 Å². The summed E-state index contributed by atoms with van der Waals surface area (Å²) in [6.07, 6.45) is 0. The van der Waals surface area contributed by atoms with Crippen LogP contribution in [-0.4, -0.2) is 29.0 Å². The van der Waals surface area contributed by atoms with E-state index < -0.39 is 22.9 Å². The molecular weight excluding hydrogens is 347 g/mol. The van der Waals surface area contributed by atoms with Crippen molar-refractivity contribution in [3.63, 3.8) is 0 Å². The van der Waals surface area contributed by atoms with Crippen molar-refractivity contribution < 1.29 is 14.3 Å². The predicted octanol–water partition coefficient (Wildman–Crippen LogP) is 3.40. The van der Waals surface area contributed by atoms with Crippen LogP contribution in [0.4, 0.5) is 10.1 Å². The van der Waals surface area contributed by atoms with Crippen LogP contribution in [0.3, 0.4) is 0 Å². The van der Waals surface area contributed by atoms with Crippen LogP contribution in [-0.2, 0) is 0 Å². The second-order valence-corrected chi connectivity index (χ2v) is 7.08. The van der Waals surface area contributed by atoms with E-state index in [1.165, 1.54) is 23.6 Å². The third-order valence-electron chi connectivity index (χ3n) is 5.20. The number of aromatic nitrogens is 1. The lowest BCUT2D eigenvalue weighted by Gasteiger charge is -2.35. The second-order valence-electron chi connectivity index (χ2n) is 7.08. The van der Waals surface area contributed by atoms with Crippen molar-refractivity contribution in [1.82, 2.24) is 4.57 Å². The summed E-state index contributed by atoms with van der Waals surface area (Å²) in [5.41, 5.74) is 2.09. The van der Waals surface area contributed by atoms with E-state index >= 15 is 0 Å². The van der Waals surface area contributed by atoms with Gasteiger partial charge in [-0.1, -0.05) is 29.8 Å². The van der Waals surface area contributed by atoms with E-state index in [4.69, 9.17) is 0 Å². The summed E-state index contributed by atoms with van der Waals surface area (Å²) in [4.78, 5) is 27.1. The van der Waals surface area contributed by atoms with Crippen LogP contribution in [0.5, 0.6) is 5.75 Å². The molecule has 0 bridgehead atoms. The topological polar surface area (TPSA) is 62.5 Å². The summed E-state index contributed by atoms with van der Waals surface area (Å²) >= 11 is 0. The average molecular weight is 366 g/mol. The van der Waals surface area contributed by atoms with Crippen molar-refractivity contribution in [2.45, 2.75) is 19.9 Å². The minimum atomic E-state index is -0.556.